The fourth-order valence-electron chi connectivity index (χ4n) is 4.13. The molecule has 0 radical (unpaired) electrons. The Bertz CT molecular complexity index is 443. The molecule has 0 aromatic heterocycles. The molecule has 0 aromatic rings. The Morgan fingerprint density at radius 1 is 1.50 bits per heavy atom. The highest BCUT2D eigenvalue weighted by molar-refractivity contribution is 5.75. The zero-order valence-corrected chi connectivity index (χ0v) is 13.8. The Hall–Kier alpha value is -1.07. The standard InChI is InChI=1S/C17H28N2O3/c1-3-22-15-11-14(17(15)6-9-21-10-7-17)18-16(20)19-8-4-5-13(2)12-19/h5,14-15H,3-4,6-12H2,1-2H3,(H,18,20)/t14-,15-/m0/s1. The van der Waals surface area contributed by atoms with Crippen LogP contribution in [0.5, 0.6) is 0 Å². The minimum Gasteiger partial charge on any atom is -0.381 e. The summed E-state index contributed by atoms with van der Waals surface area (Å²) in [5.41, 5.74) is 1.37. The third kappa shape index (κ3) is 2.88. The van der Waals surface area contributed by atoms with Gasteiger partial charge in [-0.15, -0.1) is 0 Å². The third-order valence-electron chi connectivity index (χ3n) is 5.49. The lowest BCUT2D eigenvalue weighted by atomic mass is 9.57. The zero-order valence-electron chi connectivity index (χ0n) is 13.8. The van der Waals surface area contributed by atoms with E-state index in [2.05, 4.69) is 18.3 Å². The number of urea groups is 1. The van der Waals surface area contributed by atoms with E-state index in [0.29, 0.717) is 0 Å². The summed E-state index contributed by atoms with van der Waals surface area (Å²) in [6.07, 6.45) is 6.36. The van der Waals surface area contributed by atoms with Crippen LogP contribution in [-0.2, 0) is 9.47 Å². The highest BCUT2D eigenvalue weighted by atomic mass is 16.5. The number of hydrogen-bond acceptors (Lipinski definition) is 3. The Kier molecular flexibility index (Phi) is 4.73. The van der Waals surface area contributed by atoms with Gasteiger partial charge in [-0.1, -0.05) is 11.6 Å². The Labute approximate surface area is 133 Å². The SMILES string of the molecule is CCO[C@H]1C[C@H](NC(=O)N2CCC=C(C)C2)C12CCOCC2. The van der Waals surface area contributed by atoms with Crippen LogP contribution in [0.3, 0.4) is 0 Å². The first-order valence-corrected chi connectivity index (χ1v) is 8.56. The quantitative estimate of drug-likeness (QED) is 0.814. The van der Waals surface area contributed by atoms with Crippen LogP contribution >= 0.6 is 0 Å². The van der Waals surface area contributed by atoms with Gasteiger partial charge in [0.05, 0.1) is 6.10 Å². The molecule has 1 spiro atoms. The monoisotopic (exact) mass is 308 g/mol. The van der Waals surface area contributed by atoms with Crippen molar-refractivity contribution in [3.63, 3.8) is 0 Å². The van der Waals surface area contributed by atoms with Crippen LogP contribution < -0.4 is 5.32 Å². The first-order valence-electron chi connectivity index (χ1n) is 8.56. The van der Waals surface area contributed by atoms with Crippen LogP contribution in [0, 0.1) is 5.41 Å². The fraction of sp³-hybridized carbons (Fsp3) is 0.824. The summed E-state index contributed by atoms with van der Waals surface area (Å²) in [6, 6.07) is 0.310. The lowest BCUT2D eigenvalue weighted by molar-refractivity contribution is -0.170. The van der Waals surface area contributed by atoms with Gasteiger partial charge in [0.25, 0.3) is 0 Å². The molecule has 3 aliphatic rings. The summed E-state index contributed by atoms with van der Waals surface area (Å²) in [6.45, 7) is 8.01. The van der Waals surface area contributed by atoms with Crippen molar-refractivity contribution in [1.29, 1.82) is 0 Å². The van der Waals surface area contributed by atoms with E-state index in [4.69, 9.17) is 9.47 Å². The van der Waals surface area contributed by atoms with E-state index in [9.17, 15) is 4.79 Å². The molecule has 2 heterocycles. The second-order valence-corrected chi connectivity index (χ2v) is 6.79. The molecule has 2 amide bonds. The van der Waals surface area contributed by atoms with Gasteiger partial charge in [-0.05, 0) is 39.5 Å². The van der Waals surface area contributed by atoms with E-state index >= 15 is 0 Å². The highest BCUT2D eigenvalue weighted by Gasteiger charge is 2.56. The number of nitrogens with zero attached hydrogens (tertiary/aromatic N) is 1. The zero-order chi connectivity index (χ0) is 15.6. The number of hydrogen-bond donors (Lipinski definition) is 1. The van der Waals surface area contributed by atoms with E-state index in [1.54, 1.807) is 0 Å². The summed E-state index contributed by atoms with van der Waals surface area (Å²) in [7, 11) is 0. The Morgan fingerprint density at radius 3 is 2.95 bits per heavy atom. The van der Waals surface area contributed by atoms with Gasteiger partial charge in [0, 0.05) is 44.4 Å². The maximum Gasteiger partial charge on any atom is 0.317 e. The van der Waals surface area contributed by atoms with Crippen LogP contribution in [0.15, 0.2) is 11.6 Å². The van der Waals surface area contributed by atoms with Crippen molar-refractivity contribution >= 4 is 6.03 Å². The van der Waals surface area contributed by atoms with Crippen molar-refractivity contribution in [2.75, 3.05) is 32.9 Å². The average Bonchev–Trinajstić information content (AvgIpc) is 2.54. The maximum atomic E-state index is 12.6. The minimum absolute atomic E-state index is 0.0817. The topological polar surface area (TPSA) is 50.8 Å². The van der Waals surface area contributed by atoms with Crippen molar-refractivity contribution in [2.24, 2.45) is 5.41 Å². The van der Waals surface area contributed by atoms with E-state index in [1.807, 2.05) is 11.8 Å². The van der Waals surface area contributed by atoms with Gasteiger partial charge >= 0.3 is 6.03 Å². The lowest BCUT2D eigenvalue weighted by Gasteiger charge is -2.57. The number of carbonyl (C=O) groups is 1. The van der Waals surface area contributed by atoms with Crippen molar-refractivity contribution in [3.05, 3.63) is 11.6 Å². The van der Waals surface area contributed by atoms with Crippen LogP contribution in [0.25, 0.3) is 0 Å². The van der Waals surface area contributed by atoms with Crippen LogP contribution in [0.2, 0.25) is 0 Å². The number of nitrogens with one attached hydrogen (secondary N) is 1. The number of rotatable bonds is 3. The van der Waals surface area contributed by atoms with E-state index < -0.39 is 0 Å². The third-order valence-corrected chi connectivity index (χ3v) is 5.49. The van der Waals surface area contributed by atoms with Crippen molar-refractivity contribution in [2.45, 2.75) is 51.7 Å². The summed E-state index contributed by atoms with van der Waals surface area (Å²) >= 11 is 0. The first-order chi connectivity index (χ1) is 10.7. The fourth-order valence-corrected chi connectivity index (χ4v) is 4.13. The number of carbonyl (C=O) groups excluding carboxylic acids is 1. The summed E-state index contributed by atoms with van der Waals surface area (Å²) in [5.74, 6) is 0. The predicted molar refractivity (Wildman–Crippen MR) is 84.8 cm³/mol. The molecular weight excluding hydrogens is 280 g/mol. The lowest BCUT2D eigenvalue weighted by Crippen LogP contribution is -2.67. The highest BCUT2D eigenvalue weighted by Crippen LogP contribution is 2.50. The molecule has 5 heteroatoms. The van der Waals surface area contributed by atoms with Gasteiger partial charge in [0.1, 0.15) is 0 Å². The molecule has 22 heavy (non-hydrogen) atoms. The molecule has 0 aromatic carbocycles. The number of amides is 2. The van der Waals surface area contributed by atoms with Gasteiger partial charge in [0.15, 0.2) is 0 Å². The van der Waals surface area contributed by atoms with Gasteiger partial charge in [-0.3, -0.25) is 0 Å². The van der Waals surface area contributed by atoms with E-state index in [0.717, 1.165) is 58.6 Å². The molecule has 1 saturated carbocycles. The van der Waals surface area contributed by atoms with Crippen LogP contribution in [0.4, 0.5) is 4.79 Å². The number of ether oxygens (including phenoxy) is 2. The molecule has 0 unspecified atom stereocenters. The van der Waals surface area contributed by atoms with E-state index in [-0.39, 0.29) is 23.6 Å². The normalized spacial score (nSPS) is 30.6. The van der Waals surface area contributed by atoms with Crippen LogP contribution in [-0.4, -0.2) is 56.0 Å². The van der Waals surface area contributed by atoms with E-state index in [1.165, 1.54) is 5.57 Å². The van der Waals surface area contributed by atoms with Gasteiger partial charge in [-0.25, -0.2) is 4.79 Å². The smallest absolute Gasteiger partial charge is 0.317 e. The molecule has 2 atom stereocenters. The molecule has 3 rings (SSSR count). The molecular formula is C17H28N2O3. The summed E-state index contributed by atoms with van der Waals surface area (Å²) in [5, 5.41) is 3.28. The molecule has 5 nitrogen and oxygen atoms in total. The van der Waals surface area contributed by atoms with Gasteiger partial charge in [0.2, 0.25) is 0 Å². The Morgan fingerprint density at radius 2 is 2.27 bits per heavy atom. The van der Waals surface area contributed by atoms with Crippen molar-refractivity contribution in [1.82, 2.24) is 10.2 Å². The van der Waals surface area contributed by atoms with Gasteiger partial charge < -0.3 is 19.7 Å². The van der Waals surface area contributed by atoms with Crippen molar-refractivity contribution < 1.29 is 14.3 Å². The summed E-state index contributed by atoms with van der Waals surface area (Å²) in [4.78, 5) is 14.5. The molecule has 1 aliphatic carbocycles. The molecule has 0 bridgehead atoms. The Balaban J connectivity index is 1.62. The summed E-state index contributed by atoms with van der Waals surface area (Å²) < 4.78 is 11.4. The largest absolute Gasteiger partial charge is 0.381 e. The predicted octanol–water partition coefficient (Wildman–Crippen LogP) is 2.32. The molecule has 2 fully saturated rings. The maximum absolute atomic E-state index is 12.6. The minimum atomic E-state index is 0.0817. The second kappa shape index (κ2) is 6.59. The first kappa shape index (κ1) is 15.8. The van der Waals surface area contributed by atoms with Crippen LogP contribution in [0.1, 0.15) is 39.5 Å². The van der Waals surface area contributed by atoms with Crippen molar-refractivity contribution in [3.8, 4) is 0 Å². The van der Waals surface area contributed by atoms with Gasteiger partial charge in [-0.2, -0.15) is 0 Å². The average molecular weight is 308 g/mol. The molecule has 1 N–H and O–H groups in total. The molecule has 2 aliphatic heterocycles. The molecule has 1 saturated heterocycles. The second-order valence-electron chi connectivity index (χ2n) is 6.79. The molecule has 124 valence electrons.